The third-order valence-electron chi connectivity index (χ3n) is 2.16. The van der Waals surface area contributed by atoms with Crippen LogP contribution in [0.4, 0.5) is 0 Å². The van der Waals surface area contributed by atoms with E-state index in [0.717, 1.165) is 0 Å². The monoisotopic (exact) mass is 266 g/mol. The number of carbonyl (C=O) groups is 2. The highest BCUT2D eigenvalue weighted by molar-refractivity contribution is 5.78. The summed E-state index contributed by atoms with van der Waals surface area (Å²) in [7, 11) is 0. The highest BCUT2D eigenvalue weighted by Gasteiger charge is 2.06. The minimum absolute atomic E-state index is 0.0254. The van der Waals surface area contributed by atoms with Crippen molar-refractivity contribution in [2.75, 3.05) is 19.8 Å². The normalized spacial score (nSPS) is 9.74. The molecule has 0 aliphatic heterocycles. The van der Waals surface area contributed by atoms with Crippen molar-refractivity contribution in [2.24, 2.45) is 0 Å². The Hall–Kier alpha value is -2.24. The SMILES string of the molecule is CCOc1ccccc1OCC(=O)NCCC(=O)[O-]. The molecule has 1 rings (SSSR count). The summed E-state index contributed by atoms with van der Waals surface area (Å²) in [5.41, 5.74) is 0. The van der Waals surface area contributed by atoms with Gasteiger partial charge in [0.1, 0.15) is 0 Å². The van der Waals surface area contributed by atoms with Gasteiger partial charge in [-0.2, -0.15) is 0 Å². The predicted octanol–water partition coefficient (Wildman–Crippen LogP) is -0.280. The summed E-state index contributed by atoms with van der Waals surface area (Å²) in [5, 5.41) is 12.6. The summed E-state index contributed by atoms with van der Waals surface area (Å²) in [6.07, 6.45) is -0.221. The van der Waals surface area contributed by atoms with Crippen LogP contribution in [-0.4, -0.2) is 31.6 Å². The van der Waals surface area contributed by atoms with Crippen molar-refractivity contribution in [3.8, 4) is 11.5 Å². The Morgan fingerprint density at radius 3 is 2.42 bits per heavy atom. The molecule has 0 heterocycles. The lowest BCUT2D eigenvalue weighted by molar-refractivity contribution is -0.305. The van der Waals surface area contributed by atoms with Gasteiger partial charge < -0.3 is 24.7 Å². The zero-order valence-corrected chi connectivity index (χ0v) is 10.7. The van der Waals surface area contributed by atoms with Gasteiger partial charge in [0.25, 0.3) is 5.91 Å². The Balaban J connectivity index is 2.39. The van der Waals surface area contributed by atoms with E-state index in [-0.39, 0.29) is 19.6 Å². The Morgan fingerprint density at radius 1 is 1.21 bits per heavy atom. The lowest BCUT2D eigenvalue weighted by Crippen LogP contribution is -2.33. The maximum Gasteiger partial charge on any atom is 0.257 e. The number of rotatable bonds is 8. The van der Waals surface area contributed by atoms with Crippen LogP contribution >= 0.6 is 0 Å². The van der Waals surface area contributed by atoms with Crippen molar-refractivity contribution in [3.05, 3.63) is 24.3 Å². The molecule has 6 heteroatoms. The number of ether oxygens (including phenoxy) is 2. The maximum atomic E-state index is 11.4. The van der Waals surface area contributed by atoms with Crippen molar-refractivity contribution < 1.29 is 24.2 Å². The van der Waals surface area contributed by atoms with Crippen LogP contribution in [0.2, 0.25) is 0 Å². The number of aliphatic carboxylic acids is 1. The molecule has 0 bridgehead atoms. The summed E-state index contributed by atoms with van der Waals surface area (Å²) >= 11 is 0. The van der Waals surface area contributed by atoms with E-state index in [2.05, 4.69) is 5.32 Å². The number of carbonyl (C=O) groups excluding carboxylic acids is 2. The molecule has 0 saturated carbocycles. The number of hydrogen-bond donors (Lipinski definition) is 1. The number of amides is 1. The first-order valence-electron chi connectivity index (χ1n) is 5.94. The molecular formula is C13H16NO5-. The molecule has 1 amide bonds. The minimum Gasteiger partial charge on any atom is -0.550 e. The molecule has 0 spiro atoms. The Kier molecular flexibility index (Phi) is 6.21. The van der Waals surface area contributed by atoms with Crippen molar-refractivity contribution >= 4 is 11.9 Å². The van der Waals surface area contributed by atoms with Gasteiger partial charge in [-0.25, -0.2) is 0 Å². The average Bonchev–Trinajstić information content (AvgIpc) is 2.37. The van der Waals surface area contributed by atoms with Crippen molar-refractivity contribution in [1.82, 2.24) is 5.32 Å². The first-order valence-corrected chi connectivity index (χ1v) is 5.94. The van der Waals surface area contributed by atoms with Crippen LogP contribution in [0.1, 0.15) is 13.3 Å². The van der Waals surface area contributed by atoms with Crippen LogP contribution in [0.15, 0.2) is 24.3 Å². The van der Waals surface area contributed by atoms with Gasteiger partial charge in [-0.3, -0.25) is 4.79 Å². The van der Waals surface area contributed by atoms with Gasteiger partial charge in [0, 0.05) is 18.9 Å². The molecule has 1 aromatic carbocycles. The minimum atomic E-state index is -1.21. The van der Waals surface area contributed by atoms with Crippen LogP contribution in [0.3, 0.4) is 0 Å². The van der Waals surface area contributed by atoms with Gasteiger partial charge >= 0.3 is 0 Å². The molecule has 0 radical (unpaired) electrons. The van der Waals surface area contributed by atoms with E-state index < -0.39 is 11.9 Å². The van der Waals surface area contributed by atoms with Gasteiger partial charge in [-0.15, -0.1) is 0 Å². The van der Waals surface area contributed by atoms with Crippen LogP contribution < -0.4 is 19.9 Å². The van der Waals surface area contributed by atoms with E-state index in [1.807, 2.05) is 6.92 Å². The standard InChI is InChI=1S/C13H17NO5/c1-2-18-10-5-3-4-6-11(10)19-9-12(15)14-8-7-13(16)17/h3-6H,2,7-9H2,1H3,(H,14,15)(H,16,17)/p-1. The molecule has 1 aromatic rings. The molecule has 0 saturated heterocycles. The van der Waals surface area contributed by atoms with E-state index in [1.54, 1.807) is 24.3 Å². The summed E-state index contributed by atoms with van der Waals surface area (Å²) < 4.78 is 10.6. The molecule has 0 fully saturated rings. The molecule has 0 aliphatic rings. The fourth-order valence-electron chi connectivity index (χ4n) is 1.34. The van der Waals surface area contributed by atoms with E-state index in [1.165, 1.54) is 0 Å². The van der Waals surface area contributed by atoms with E-state index in [0.29, 0.717) is 18.1 Å². The fourth-order valence-corrected chi connectivity index (χ4v) is 1.34. The second-order valence-electron chi connectivity index (χ2n) is 3.64. The molecule has 0 unspecified atom stereocenters. The Bertz CT molecular complexity index is 433. The lowest BCUT2D eigenvalue weighted by atomic mass is 10.3. The van der Waals surface area contributed by atoms with Gasteiger partial charge in [0.05, 0.1) is 6.61 Å². The smallest absolute Gasteiger partial charge is 0.257 e. The topological polar surface area (TPSA) is 87.7 Å². The summed E-state index contributed by atoms with van der Waals surface area (Å²) in [6, 6.07) is 7.01. The predicted molar refractivity (Wildman–Crippen MR) is 65.7 cm³/mol. The quantitative estimate of drug-likeness (QED) is 0.699. The zero-order valence-electron chi connectivity index (χ0n) is 10.7. The molecule has 1 N–H and O–H groups in total. The van der Waals surface area contributed by atoms with Gasteiger partial charge in [-0.1, -0.05) is 12.1 Å². The van der Waals surface area contributed by atoms with E-state index in [9.17, 15) is 14.7 Å². The molecule has 6 nitrogen and oxygen atoms in total. The van der Waals surface area contributed by atoms with Crippen LogP contribution in [0.25, 0.3) is 0 Å². The molecule has 0 aromatic heterocycles. The third-order valence-corrected chi connectivity index (χ3v) is 2.16. The van der Waals surface area contributed by atoms with Gasteiger partial charge in [-0.05, 0) is 19.1 Å². The third kappa shape index (κ3) is 5.76. The van der Waals surface area contributed by atoms with Crippen LogP contribution in [0.5, 0.6) is 11.5 Å². The largest absolute Gasteiger partial charge is 0.550 e. The Labute approximate surface area is 111 Å². The molecule has 0 atom stereocenters. The number of carboxylic acids is 1. The lowest BCUT2D eigenvalue weighted by Gasteiger charge is -2.11. The fraction of sp³-hybridized carbons (Fsp3) is 0.385. The van der Waals surface area contributed by atoms with E-state index >= 15 is 0 Å². The molecular weight excluding hydrogens is 250 g/mol. The second-order valence-corrected chi connectivity index (χ2v) is 3.64. The first kappa shape index (κ1) is 14.8. The van der Waals surface area contributed by atoms with E-state index in [4.69, 9.17) is 9.47 Å². The Morgan fingerprint density at radius 2 is 1.84 bits per heavy atom. The summed E-state index contributed by atoms with van der Waals surface area (Å²) in [6.45, 7) is 2.18. The van der Waals surface area contributed by atoms with Crippen LogP contribution in [-0.2, 0) is 9.59 Å². The number of para-hydroxylation sites is 2. The van der Waals surface area contributed by atoms with Crippen LogP contribution in [0, 0.1) is 0 Å². The average molecular weight is 266 g/mol. The number of benzene rings is 1. The van der Waals surface area contributed by atoms with Crippen molar-refractivity contribution in [3.63, 3.8) is 0 Å². The summed E-state index contributed by atoms with van der Waals surface area (Å²) in [4.78, 5) is 21.5. The first-order chi connectivity index (χ1) is 9.13. The number of hydrogen-bond acceptors (Lipinski definition) is 5. The highest BCUT2D eigenvalue weighted by atomic mass is 16.5. The maximum absolute atomic E-state index is 11.4. The van der Waals surface area contributed by atoms with Gasteiger partial charge in [0.15, 0.2) is 18.1 Å². The van der Waals surface area contributed by atoms with Crippen molar-refractivity contribution in [1.29, 1.82) is 0 Å². The molecule has 104 valence electrons. The molecule has 0 aliphatic carbocycles. The zero-order chi connectivity index (χ0) is 14.1. The second kappa shape index (κ2) is 7.97. The highest BCUT2D eigenvalue weighted by Crippen LogP contribution is 2.26. The number of nitrogens with one attached hydrogen (secondary N) is 1. The number of carboxylic acid groups (broad SMARTS) is 1. The van der Waals surface area contributed by atoms with Gasteiger partial charge in [0.2, 0.25) is 0 Å². The molecule has 19 heavy (non-hydrogen) atoms. The summed E-state index contributed by atoms with van der Waals surface area (Å²) in [5.74, 6) is -0.567. The van der Waals surface area contributed by atoms with Crippen molar-refractivity contribution in [2.45, 2.75) is 13.3 Å².